The zero-order chi connectivity index (χ0) is 20.3. The average molecular weight is 447 g/mol. The van der Waals surface area contributed by atoms with Crippen LogP contribution in [0.4, 0.5) is 5.95 Å². The molecule has 0 saturated carbocycles. The Kier molecular flexibility index (Phi) is 6.51. The molecule has 150 valence electrons. The van der Waals surface area contributed by atoms with Crippen LogP contribution in [-0.4, -0.2) is 49.8 Å². The number of carbonyl (C=O) groups excluding carboxylic acids is 1. The molecule has 28 heavy (non-hydrogen) atoms. The van der Waals surface area contributed by atoms with Gasteiger partial charge in [-0.2, -0.15) is 5.10 Å². The summed E-state index contributed by atoms with van der Waals surface area (Å²) in [7, 11) is 0. The zero-order valence-electron chi connectivity index (χ0n) is 16.8. The quantitative estimate of drug-likeness (QED) is 0.570. The molecule has 0 aliphatic heterocycles. The summed E-state index contributed by atoms with van der Waals surface area (Å²) < 4.78 is 4.69. The summed E-state index contributed by atoms with van der Waals surface area (Å²) in [5.41, 5.74) is 2.82. The van der Waals surface area contributed by atoms with E-state index in [2.05, 4.69) is 54.6 Å². The summed E-state index contributed by atoms with van der Waals surface area (Å²) in [5.74, 6) is 0.437. The van der Waals surface area contributed by atoms with Gasteiger partial charge in [-0.05, 0) is 55.0 Å². The number of hydrogen-bond acceptors (Lipinski definition) is 4. The lowest BCUT2D eigenvalue weighted by Crippen LogP contribution is -2.29. The van der Waals surface area contributed by atoms with Gasteiger partial charge in [-0.25, -0.2) is 4.98 Å². The van der Waals surface area contributed by atoms with E-state index in [9.17, 15) is 4.79 Å². The highest BCUT2D eigenvalue weighted by atomic mass is 79.9. The third-order valence-electron chi connectivity index (χ3n) is 5.15. The first-order valence-electron chi connectivity index (χ1n) is 9.64. The highest BCUT2D eigenvalue weighted by Crippen LogP contribution is 2.22. The fraction of sp³-hybridized carbons (Fsp3) is 0.450. The highest BCUT2D eigenvalue weighted by Gasteiger charge is 2.21. The van der Waals surface area contributed by atoms with E-state index in [1.54, 1.807) is 10.9 Å². The molecular weight excluding hydrogens is 420 g/mol. The van der Waals surface area contributed by atoms with E-state index in [0.717, 1.165) is 47.4 Å². The number of fused-ring (bicyclic) bond motifs is 1. The molecule has 0 aliphatic carbocycles. The van der Waals surface area contributed by atoms with Gasteiger partial charge in [0.25, 0.3) is 5.91 Å². The number of imidazole rings is 1. The van der Waals surface area contributed by atoms with Crippen LogP contribution in [0.25, 0.3) is 11.0 Å². The molecule has 1 unspecified atom stereocenters. The van der Waals surface area contributed by atoms with Crippen molar-refractivity contribution in [1.29, 1.82) is 0 Å². The Morgan fingerprint density at radius 3 is 2.64 bits per heavy atom. The van der Waals surface area contributed by atoms with E-state index < -0.39 is 6.04 Å². The van der Waals surface area contributed by atoms with Crippen molar-refractivity contribution in [1.82, 2.24) is 24.2 Å². The lowest BCUT2D eigenvalue weighted by atomic mass is 10.3. The monoisotopic (exact) mass is 446 g/mol. The average Bonchev–Trinajstić information content (AvgIpc) is 3.22. The van der Waals surface area contributed by atoms with E-state index in [0.29, 0.717) is 5.95 Å². The van der Waals surface area contributed by atoms with Crippen LogP contribution in [0.2, 0.25) is 0 Å². The number of para-hydroxylation sites is 2. The molecule has 3 aromatic rings. The van der Waals surface area contributed by atoms with Gasteiger partial charge < -0.3 is 9.47 Å². The molecule has 1 amide bonds. The lowest BCUT2D eigenvalue weighted by molar-refractivity contribution is -0.119. The number of nitrogens with zero attached hydrogens (tertiary/aromatic N) is 5. The Hall–Kier alpha value is -2.19. The lowest BCUT2D eigenvalue weighted by Gasteiger charge is -2.20. The molecule has 1 atom stereocenters. The summed E-state index contributed by atoms with van der Waals surface area (Å²) in [5, 5.41) is 7.31. The Balaban J connectivity index is 1.86. The minimum Gasteiger partial charge on any atom is -0.309 e. The maximum atomic E-state index is 12.9. The minimum atomic E-state index is -0.442. The first-order chi connectivity index (χ1) is 13.5. The minimum absolute atomic E-state index is 0.141. The van der Waals surface area contributed by atoms with Gasteiger partial charge in [0.2, 0.25) is 5.95 Å². The number of halogens is 1. The van der Waals surface area contributed by atoms with Gasteiger partial charge in [-0.3, -0.25) is 14.8 Å². The third kappa shape index (κ3) is 4.12. The molecule has 0 bridgehead atoms. The first-order valence-corrected chi connectivity index (χ1v) is 10.4. The summed E-state index contributed by atoms with van der Waals surface area (Å²) in [6.45, 7) is 11.7. The molecule has 0 fully saturated rings. The van der Waals surface area contributed by atoms with E-state index in [-0.39, 0.29) is 5.91 Å². The smallest absolute Gasteiger partial charge is 0.251 e. The van der Waals surface area contributed by atoms with E-state index >= 15 is 0 Å². The van der Waals surface area contributed by atoms with Crippen molar-refractivity contribution in [3.05, 3.63) is 40.6 Å². The number of anilines is 1. The predicted molar refractivity (Wildman–Crippen MR) is 116 cm³/mol. The van der Waals surface area contributed by atoms with Crippen molar-refractivity contribution in [2.24, 2.45) is 0 Å². The van der Waals surface area contributed by atoms with Gasteiger partial charge in [0, 0.05) is 13.1 Å². The fourth-order valence-electron chi connectivity index (χ4n) is 3.30. The van der Waals surface area contributed by atoms with Crippen LogP contribution < -0.4 is 5.32 Å². The molecule has 0 aliphatic rings. The van der Waals surface area contributed by atoms with E-state index in [1.807, 2.05) is 38.1 Å². The Labute approximate surface area is 173 Å². The van der Waals surface area contributed by atoms with Crippen molar-refractivity contribution >= 4 is 38.8 Å². The standard InChI is InChI=1S/C20H27BrN6O/c1-5-25(6-2)11-12-26-18-10-8-7-9-17(18)23-20(26)24-19(28)15(4)27-14(3)16(21)13-22-27/h7-10,13,15H,5-6,11-12H2,1-4H3,(H,23,24,28). The fourth-order valence-corrected chi connectivity index (χ4v) is 3.57. The molecule has 7 nitrogen and oxygen atoms in total. The molecule has 2 aromatic heterocycles. The number of benzene rings is 1. The molecular formula is C20H27BrN6O. The summed E-state index contributed by atoms with van der Waals surface area (Å²) >= 11 is 3.45. The van der Waals surface area contributed by atoms with Crippen LogP contribution in [-0.2, 0) is 11.3 Å². The van der Waals surface area contributed by atoms with Crippen molar-refractivity contribution in [2.45, 2.75) is 40.3 Å². The number of hydrogen-bond donors (Lipinski definition) is 1. The van der Waals surface area contributed by atoms with Gasteiger partial charge in [0.15, 0.2) is 0 Å². The molecule has 1 N–H and O–H groups in total. The summed E-state index contributed by atoms with van der Waals surface area (Å²) in [6, 6.07) is 7.53. The summed E-state index contributed by atoms with van der Waals surface area (Å²) in [4.78, 5) is 19.9. The number of aromatic nitrogens is 4. The molecule has 0 spiro atoms. The predicted octanol–water partition coefficient (Wildman–Crippen LogP) is 3.85. The Morgan fingerprint density at radius 1 is 1.29 bits per heavy atom. The van der Waals surface area contributed by atoms with Crippen molar-refractivity contribution < 1.29 is 4.79 Å². The van der Waals surface area contributed by atoms with Crippen LogP contribution in [0.3, 0.4) is 0 Å². The number of likely N-dealkylation sites (N-methyl/N-ethyl adjacent to an activating group) is 1. The number of carbonyl (C=O) groups is 1. The van der Waals surface area contributed by atoms with Gasteiger partial charge in [-0.15, -0.1) is 0 Å². The van der Waals surface area contributed by atoms with Crippen molar-refractivity contribution in [2.75, 3.05) is 25.0 Å². The van der Waals surface area contributed by atoms with Crippen LogP contribution >= 0.6 is 15.9 Å². The van der Waals surface area contributed by atoms with Crippen molar-refractivity contribution in [3.63, 3.8) is 0 Å². The largest absolute Gasteiger partial charge is 0.309 e. The maximum absolute atomic E-state index is 12.9. The molecule has 3 rings (SSSR count). The molecule has 1 aromatic carbocycles. The number of amides is 1. The maximum Gasteiger partial charge on any atom is 0.251 e. The first kappa shape index (κ1) is 20.5. The van der Waals surface area contributed by atoms with E-state index in [1.165, 1.54) is 0 Å². The van der Waals surface area contributed by atoms with Crippen LogP contribution in [0.15, 0.2) is 34.9 Å². The Bertz CT molecular complexity index is 959. The second-order valence-corrected chi connectivity index (χ2v) is 7.64. The topological polar surface area (TPSA) is 68.0 Å². The molecule has 0 radical (unpaired) electrons. The van der Waals surface area contributed by atoms with Gasteiger partial charge in [-0.1, -0.05) is 26.0 Å². The van der Waals surface area contributed by atoms with Gasteiger partial charge in [0.05, 0.1) is 27.4 Å². The van der Waals surface area contributed by atoms with Crippen LogP contribution in [0, 0.1) is 6.92 Å². The molecule has 0 saturated heterocycles. The molecule has 8 heteroatoms. The Morgan fingerprint density at radius 2 is 2.00 bits per heavy atom. The zero-order valence-corrected chi connectivity index (χ0v) is 18.4. The number of rotatable bonds is 8. The second-order valence-electron chi connectivity index (χ2n) is 6.79. The second kappa shape index (κ2) is 8.87. The summed E-state index contributed by atoms with van der Waals surface area (Å²) in [6.07, 6.45) is 1.71. The SMILES string of the molecule is CCN(CC)CCn1c(NC(=O)C(C)n2ncc(Br)c2C)nc2ccccc21. The van der Waals surface area contributed by atoms with E-state index in [4.69, 9.17) is 0 Å². The number of nitrogens with one attached hydrogen (secondary N) is 1. The normalized spacial score (nSPS) is 12.6. The molecule has 2 heterocycles. The van der Waals surface area contributed by atoms with Gasteiger partial charge >= 0.3 is 0 Å². The van der Waals surface area contributed by atoms with Gasteiger partial charge in [0.1, 0.15) is 6.04 Å². The highest BCUT2D eigenvalue weighted by molar-refractivity contribution is 9.10. The van der Waals surface area contributed by atoms with Crippen LogP contribution in [0.1, 0.15) is 32.5 Å². The van der Waals surface area contributed by atoms with Crippen molar-refractivity contribution in [3.8, 4) is 0 Å². The van der Waals surface area contributed by atoms with Crippen LogP contribution in [0.5, 0.6) is 0 Å². The third-order valence-corrected chi connectivity index (χ3v) is 5.93.